The Morgan fingerprint density at radius 3 is 2.62 bits per heavy atom. The molecular weight excluding hydrogens is 272 g/mol. The van der Waals surface area contributed by atoms with Crippen LogP contribution >= 0.6 is 0 Å². The lowest BCUT2D eigenvalue weighted by molar-refractivity contribution is -0.384. The molecular formula is C15H18N2O4. The lowest BCUT2D eigenvalue weighted by Crippen LogP contribution is -2.32. The van der Waals surface area contributed by atoms with Crippen molar-refractivity contribution < 1.29 is 14.5 Å². The molecule has 1 aliphatic rings. The lowest BCUT2D eigenvalue weighted by Gasteiger charge is -2.19. The van der Waals surface area contributed by atoms with Crippen molar-refractivity contribution in [3.63, 3.8) is 0 Å². The Kier molecular flexibility index (Phi) is 4.67. The number of likely N-dealkylation sites (tertiary alicyclic amines) is 1. The van der Waals surface area contributed by atoms with Gasteiger partial charge in [0.2, 0.25) is 5.91 Å². The number of benzene rings is 1. The van der Waals surface area contributed by atoms with Gasteiger partial charge in [-0.05, 0) is 25.0 Å². The molecule has 1 aromatic rings. The van der Waals surface area contributed by atoms with Gasteiger partial charge >= 0.3 is 0 Å². The van der Waals surface area contributed by atoms with E-state index in [-0.39, 0.29) is 29.7 Å². The van der Waals surface area contributed by atoms with Crippen LogP contribution in [0.2, 0.25) is 0 Å². The summed E-state index contributed by atoms with van der Waals surface area (Å²) >= 11 is 0. The Balaban J connectivity index is 2.06. The summed E-state index contributed by atoms with van der Waals surface area (Å²) in [6.45, 7) is 0.737. The number of hydrogen-bond acceptors (Lipinski definition) is 4. The van der Waals surface area contributed by atoms with Crippen LogP contribution in [0.5, 0.6) is 0 Å². The maximum Gasteiger partial charge on any atom is 0.269 e. The second kappa shape index (κ2) is 6.47. The highest BCUT2D eigenvalue weighted by Crippen LogP contribution is 2.22. The summed E-state index contributed by atoms with van der Waals surface area (Å²) in [5.41, 5.74) is 0.372. The molecule has 0 spiro atoms. The summed E-state index contributed by atoms with van der Waals surface area (Å²) in [5.74, 6) is -0.401. The Morgan fingerprint density at radius 2 is 2.00 bits per heavy atom. The minimum atomic E-state index is -0.502. The molecule has 6 nitrogen and oxygen atoms in total. The number of rotatable bonds is 4. The number of hydrogen-bond donors (Lipinski definition) is 0. The number of Topliss-reactive ketones (excluding diaryl/α,β-unsaturated/α-hetero) is 1. The SMILES string of the molecule is CN1CCCC[C@@H](CC(=O)c2ccc([N+](=O)[O-])cc2)C1=O. The smallest absolute Gasteiger partial charge is 0.269 e. The number of nitrogens with zero attached hydrogens (tertiary/aromatic N) is 2. The molecule has 1 aromatic carbocycles. The summed E-state index contributed by atoms with van der Waals surface area (Å²) in [5, 5.41) is 10.6. The highest BCUT2D eigenvalue weighted by Gasteiger charge is 2.27. The third-order valence-electron chi connectivity index (χ3n) is 3.85. The number of carbonyl (C=O) groups excluding carboxylic acids is 2. The summed E-state index contributed by atoms with van der Waals surface area (Å²) in [6, 6.07) is 5.53. The number of non-ortho nitro benzene ring substituents is 1. The maximum absolute atomic E-state index is 12.2. The number of carbonyl (C=O) groups is 2. The first-order valence-corrected chi connectivity index (χ1v) is 7.01. The van der Waals surface area contributed by atoms with Gasteiger partial charge in [-0.1, -0.05) is 6.42 Å². The normalized spacial score (nSPS) is 19.2. The average Bonchev–Trinajstić information content (AvgIpc) is 2.63. The van der Waals surface area contributed by atoms with Crippen LogP contribution in [0.4, 0.5) is 5.69 Å². The number of amides is 1. The number of nitro benzene ring substituents is 1. The molecule has 0 radical (unpaired) electrons. The van der Waals surface area contributed by atoms with Gasteiger partial charge < -0.3 is 4.90 Å². The van der Waals surface area contributed by atoms with Gasteiger partial charge in [0.25, 0.3) is 5.69 Å². The van der Waals surface area contributed by atoms with Gasteiger partial charge in [-0.3, -0.25) is 19.7 Å². The van der Waals surface area contributed by atoms with Gasteiger partial charge in [0.15, 0.2) is 5.78 Å². The van der Waals surface area contributed by atoms with Gasteiger partial charge in [-0.25, -0.2) is 0 Å². The molecule has 6 heteroatoms. The van der Waals surface area contributed by atoms with Crippen LogP contribution in [0.1, 0.15) is 36.0 Å². The molecule has 0 N–H and O–H groups in total. The second-order valence-electron chi connectivity index (χ2n) is 5.38. The summed E-state index contributed by atoms with van der Waals surface area (Å²) < 4.78 is 0. The van der Waals surface area contributed by atoms with E-state index in [1.807, 2.05) is 0 Å². The molecule has 1 heterocycles. The first kappa shape index (κ1) is 15.2. The molecule has 0 saturated carbocycles. The van der Waals surface area contributed by atoms with Gasteiger partial charge in [-0.15, -0.1) is 0 Å². The second-order valence-corrected chi connectivity index (χ2v) is 5.38. The fourth-order valence-corrected chi connectivity index (χ4v) is 2.59. The molecule has 21 heavy (non-hydrogen) atoms. The van der Waals surface area contributed by atoms with Gasteiger partial charge in [0.05, 0.1) is 4.92 Å². The molecule has 2 rings (SSSR count). The highest BCUT2D eigenvalue weighted by atomic mass is 16.6. The molecule has 1 atom stereocenters. The molecule has 1 amide bonds. The fraction of sp³-hybridized carbons (Fsp3) is 0.467. The summed E-state index contributed by atoms with van der Waals surface area (Å²) in [4.78, 5) is 36.1. The molecule has 112 valence electrons. The minimum absolute atomic E-state index is 0.0164. The molecule has 1 aliphatic heterocycles. The van der Waals surface area contributed by atoms with Crippen molar-refractivity contribution in [1.82, 2.24) is 4.90 Å². The minimum Gasteiger partial charge on any atom is -0.346 e. The fourth-order valence-electron chi connectivity index (χ4n) is 2.59. The van der Waals surface area contributed by atoms with E-state index in [0.717, 1.165) is 25.8 Å². The lowest BCUT2D eigenvalue weighted by atomic mass is 9.93. The highest BCUT2D eigenvalue weighted by molar-refractivity contribution is 5.98. The van der Waals surface area contributed by atoms with Crippen molar-refractivity contribution in [2.45, 2.75) is 25.7 Å². The van der Waals surface area contributed by atoms with Crippen molar-refractivity contribution in [2.75, 3.05) is 13.6 Å². The molecule has 0 aromatic heterocycles. The van der Waals surface area contributed by atoms with E-state index in [2.05, 4.69) is 0 Å². The summed E-state index contributed by atoms with van der Waals surface area (Å²) in [6.07, 6.45) is 2.79. The van der Waals surface area contributed by atoms with Gasteiger partial charge in [0.1, 0.15) is 0 Å². The zero-order valence-corrected chi connectivity index (χ0v) is 11.9. The van der Waals surface area contributed by atoms with Crippen LogP contribution in [0.3, 0.4) is 0 Å². The Bertz CT molecular complexity index is 553. The zero-order valence-electron chi connectivity index (χ0n) is 11.9. The topological polar surface area (TPSA) is 80.5 Å². The third kappa shape index (κ3) is 3.65. The monoisotopic (exact) mass is 290 g/mol. The van der Waals surface area contributed by atoms with Crippen molar-refractivity contribution in [2.24, 2.45) is 5.92 Å². The van der Waals surface area contributed by atoms with E-state index in [1.165, 1.54) is 24.3 Å². The van der Waals surface area contributed by atoms with Gasteiger partial charge in [0, 0.05) is 43.6 Å². The Labute approximate surface area is 122 Å². The van der Waals surface area contributed by atoms with Crippen molar-refractivity contribution in [1.29, 1.82) is 0 Å². The Morgan fingerprint density at radius 1 is 1.33 bits per heavy atom. The molecule has 0 bridgehead atoms. The molecule has 1 saturated heterocycles. The quantitative estimate of drug-likeness (QED) is 0.484. The number of nitro groups is 1. The van der Waals surface area contributed by atoms with Crippen LogP contribution in [-0.4, -0.2) is 35.1 Å². The molecule has 0 unspecified atom stereocenters. The number of ketones is 1. The predicted molar refractivity (Wildman–Crippen MR) is 77.0 cm³/mol. The van der Waals surface area contributed by atoms with Crippen molar-refractivity contribution in [3.05, 3.63) is 39.9 Å². The molecule has 1 fully saturated rings. The standard InChI is InChI=1S/C15H18N2O4/c1-16-9-3-2-4-12(15(16)19)10-14(18)11-5-7-13(8-6-11)17(20)21/h5-8,12H,2-4,9-10H2,1H3/t12-/m0/s1. The van der Waals surface area contributed by atoms with Crippen LogP contribution < -0.4 is 0 Å². The largest absolute Gasteiger partial charge is 0.346 e. The maximum atomic E-state index is 12.2. The zero-order chi connectivity index (χ0) is 15.4. The van der Waals surface area contributed by atoms with E-state index in [4.69, 9.17) is 0 Å². The third-order valence-corrected chi connectivity index (χ3v) is 3.85. The molecule has 0 aliphatic carbocycles. The van der Waals surface area contributed by atoms with Crippen LogP contribution in [-0.2, 0) is 4.79 Å². The Hall–Kier alpha value is -2.24. The van der Waals surface area contributed by atoms with E-state index in [0.29, 0.717) is 5.56 Å². The summed E-state index contributed by atoms with van der Waals surface area (Å²) in [7, 11) is 1.76. The average molecular weight is 290 g/mol. The van der Waals surface area contributed by atoms with E-state index < -0.39 is 4.92 Å². The van der Waals surface area contributed by atoms with Crippen molar-refractivity contribution >= 4 is 17.4 Å². The van der Waals surface area contributed by atoms with E-state index >= 15 is 0 Å². The van der Waals surface area contributed by atoms with E-state index in [1.54, 1.807) is 11.9 Å². The van der Waals surface area contributed by atoms with Crippen LogP contribution in [0.15, 0.2) is 24.3 Å². The first-order chi connectivity index (χ1) is 9.99. The predicted octanol–water partition coefficient (Wildman–Crippen LogP) is 2.43. The van der Waals surface area contributed by atoms with Crippen LogP contribution in [0.25, 0.3) is 0 Å². The van der Waals surface area contributed by atoms with Gasteiger partial charge in [-0.2, -0.15) is 0 Å². The van der Waals surface area contributed by atoms with Crippen molar-refractivity contribution in [3.8, 4) is 0 Å². The van der Waals surface area contributed by atoms with E-state index in [9.17, 15) is 19.7 Å². The van der Waals surface area contributed by atoms with Crippen LogP contribution in [0, 0.1) is 16.0 Å². The first-order valence-electron chi connectivity index (χ1n) is 7.01.